The number of esters is 1. The molecule has 1 aliphatic carbocycles. The summed E-state index contributed by atoms with van der Waals surface area (Å²) in [5.41, 5.74) is 2.88. The molecule has 0 amide bonds. The number of piperidine rings is 1. The normalized spacial score (nSPS) is 22.7. The van der Waals surface area contributed by atoms with Gasteiger partial charge in [-0.2, -0.15) is 0 Å². The van der Waals surface area contributed by atoms with Crippen molar-refractivity contribution in [2.45, 2.75) is 36.0 Å². The van der Waals surface area contributed by atoms with E-state index in [0.29, 0.717) is 30.1 Å². The molecule has 2 aliphatic rings. The molecule has 0 radical (unpaired) electrons. The highest BCUT2D eigenvalue weighted by Gasteiger charge is 2.45. The Labute approximate surface area is 176 Å². The number of fused-ring (bicyclic) bond motifs is 2. The first-order valence-corrected chi connectivity index (χ1v) is 11.3. The number of carbonyl (C=O) groups excluding carboxylic acids is 1. The van der Waals surface area contributed by atoms with E-state index in [1.54, 1.807) is 12.1 Å². The standard InChI is InChI=1S/C22H22ClNO4S/c1-28-21(25)14-18-15-22(11-10-16-4-2-3-5-20(16)22)12-13-24(18)29(26,27)19-8-6-17(23)7-9-19/h2-9,14H,10-13,15H2,1H3. The number of hydrogen-bond donors (Lipinski definition) is 0. The van der Waals surface area contributed by atoms with Crippen molar-refractivity contribution in [3.8, 4) is 0 Å². The van der Waals surface area contributed by atoms with Gasteiger partial charge in [-0.25, -0.2) is 13.2 Å². The summed E-state index contributed by atoms with van der Waals surface area (Å²) < 4.78 is 32.8. The molecule has 1 heterocycles. The molecule has 1 fully saturated rings. The second-order valence-corrected chi connectivity index (χ2v) is 9.85. The molecule has 2 aromatic rings. The summed E-state index contributed by atoms with van der Waals surface area (Å²) in [6.45, 7) is 0.308. The van der Waals surface area contributed by atoms with Gasteiger partial charge in [0.05, 0.1) is 12.0 Å². The van der Waals surface area contributed by atoms with E-state index in [0.717, 1.165) is 12.8 Å². The first kappa shape index (κ1) is 20.0. The zero-order chi connectivity index (χ0) is 20.6. The number of benzene rings is 2. The van der Waals surface area contributed by atoms with Gasteiger partial charge in [0.15, 0.2) is 0 Å². The van der Waals surface area contributed by atoms with E-state index >= 15 is 0 Å². The summed E-state index contributed by atoms with van der Waals surface area (Å²) in [4.78, 5) is 12.2. The number of carbonyl (C=O) groups is 1. The first-order chi connectivity index (χ1) is 13.9. The molecule has 2 aromatic carbocycles. The fraction of sp³-hybridized carbons (Fsp3) is 0.318. The van der Waals surface area contributed by atoms with Gasteiger partial charge in [0, 0.05) is 28.8 Å². The molecule has 0 aromatic heterocycles. The Morgan fingerprint density at radius 2 is 1.86 bits per heavy atom. The van der Waals surface area contributed by atoms with Crippen molar-refractivity contribution < 1.29 is 17.9 Å². The van der Waals surface area contributed by atoms with E-state index in [4.69, 9.17) is 16.3 Å². The van der Waals surface area contributed by atoms with Crippen LogP contribution in [0.25, 0.3) is 0 Å². The average Bonchev–Trinajstić information content (AvgIpc) is 3.06. The van der Waals surface area contributed by atoms with E-state index in [9.17, 15) is 13.2 Å². The van der Waals surface area contributed by atoms with E-state index in [2.05, 4.69) is 12.1 Å². The third kappa shape index (κ3) is 3.55. The predicted octanol–water partition coefficient (Wildman–Crippen LogP) is 4.07. The Morgan fingerprint density at radius 1 is 1.14 bits per heavy atom. The zero-order valence-electron chi connectivity index (χ0n) is 16.1. The van der Waals surface area contributed by atoms with Gasteiger partial charge in [-0.3, -0.25) is 4.31 Å². The largest absolute Gasteiger partial charge is 0.466 e. The maximum Gasteiger partial charge on any atom is 0.332 e. The van der Waals surface area contributed by atoms with Crippen molar-refractivity contribution in [3.05, 3.63) is 76.5 Å². The molecule has 0 bridgehead atoms. The lowest BCUT2D eigenvalue weighted by Gasteiger charge is -2.42. The van der Waals surface area contributed by atoms with Crippen LogP contribution in [0.15, 0.2) is 65.2 Å². The average molecular weight is 432 g/mol. The lowest BCUT2D eigenvalue weighted by molar-refractivity contribution is -0.135. The van der Waals surface area contributed by atoms with Gasteiger partial charge in [0.1, 0.15) is 0 Å². The molecule has 152 valence electrons. The lowest BCUT2D eigenvalue weighted by Crippen LogP contribution is -2.43. The molecule has 1 unspecified atom stereocenters. The molecule has 0 N–H and O–H groups in total. The Bertz CT molecular complexity index is 1080. The summed E-state index contributed by atoms with van der Waals surface area (Å²) >= 11 is 5.91. The number of ether oxygens (including phenoxy) is 1. The summed E-state index contributed by atoms with van der Waals surface area (Å²) in [6, 6.07) is 14.4. The van der Waals surface area contributed by atoms with Gasteiger partial charge in [0.25, 0.3) is 10.0 Å². The number of rotatable bonds is 3. The smallest absolute Gasteiger partial charge is 0.332 e. The molecule has 0 saturated carbocycles. The second kappa shape index (κ2) is 7.50. The van der Waals surface area contributed by atoms with Crippen LogP contribution in [-0.2, 0) is 31.4 Å². The molecule has 5 nitrogen and oxygen atoms in total. The SMILES string of the molecule is COC(=O)C=C1CC2(CCc3ccccc32)CCN1S(=O)(=O)c1ccc(Cl)cc1. The Balaban J connectivity index is 1.74. The Hall–Kier alpha value is -2.31. The summed E-state index contributed by atoms with van der Waals surface area (Å²) in [6.07, 6.45) is 4.40. The molecule has 29 heavy (non-hydrogen) atoms. The predicted molar refractivity (Wildman–Crippen MR) is 111 cm³/mol. The molecule has 4 rings (SSSR count). The van der Waals surface area contributed by atoms with Gasteiger partial charge < -0.3 is 4.74 Å². The summed E-state index contributed by atoms with van der Waals surface area (Å²) in [5.74, 6) is -0.556. The van der Waals surface area contributed by atoms with Crippen molar-refractivity contribution in [2.75, 3.05) is 13.7 Å². The Morgan fingerprint density at radius 3 is 2.59 bits per heavy atom. The van der Waals surface area contributed by atoms with Crippen LogP contribution in [0.5, 0.6) is 0 Å². The minimum Gasteiger partial charge on any atom is -0.466 e. The molecular formula is C22H22ClNO4S. The van der Waals surface area contributed by atoms with Crippen LogP contribution < -0.4 is 0 Å². The van der Waals surface area contributed by atoms with E-state index < -0.39 is 16.0 Å². The number of sulfonamides is 1. The molecular weight excluding hydrogens is 410 g/mol. The topological polar surface area (TPSA) is 63.7 Å². The number of aryl methyl sites for hydroxylation is 1. The van der Waals surface area contributed by atoms with Gasteiger partial charge >= 0.3 is 5.97 Å². The maximum absolute atomic E-state index is 13.3. The summed E-state index contributed by atoms with van der Waals surface area (Å²) in [7, 11) is -2.51. The summed E-state index contributed by atoms with van der Waals surface area (Å²) in [5, 5.41) is 0.467. The minimum atomic E-state index is -3.81. The van der Waals surface area contributed by atoms with Crippen molar-refractivity contribution in [3.63, 3.8) is 0 Å². The zero-order valence-corrected chi connectivity index (χ0v) is 17.7. The third-order valence-corrected chi connectivity index (χ3v) is 8.10. The third-order valence-electron chi connectivity index (χ3n) is 5.98. The molecule has 1 atom stereocenters. The van der Waals surface area contributed by atoms with Crippen LogP contribution >= 0.6 is 11.6 Å². The van der Waals surface area contributed by atoms with Gasteiger partial charge in [-0.05, 0) is 61.1 Å². The van der Waals surface area contributed by atoms with E-state index in [1.807, 2.05) is 12.1 Å². The number of halogens is 1. The van der Waals surface area contributed by atoms with Crippen molar-refractivity contribution in [1.29, 1.82) is 0 Å². The highest BCUT2D eigenvalue weighted by molar-refractivity contribution is 7.89. The van der Waals surface area contributed by atoms with Crippen molar-refractivity contribution in [2.24, 2.45) is 0 Å². The van der Waals surface area contributed by atoms with Crippen molar-refractivity contribution >= 4 is 27.6 Å². The number of hydrogen-bond acceptors (Lipinski definition) is 4. The van der Waals surface area contributed by atoms with Gasteiger partial charge in [-0.15, -0.1) is 0 Å². The molecule has 1 spiro atoms. The van der Waals surface area contributed by atoms with Crippen molar-refractivity contribution in [1.82, 2.24) is 4.31 Å². The van der Waals surface area contributed by atoms with Gasteiger partial charge in [-0.1, -0.05) is 35.9 Å². The monoisotopic (exact) mass is 431 g/mol. The van der Waals surface area contributed by atoms with Crippen LogP contribution in [-0.4, -0.2) is 32.3 Å². The quantitative estimate of drug-likeness (QED) is 0.543. The van der Waals surface area contributed by atoms with Crippen LogP contribution in [0.2, 0.25) is 5.02 Å². The highest BCUT2D eigenvalue weighted by Crippen LogP contribution is 2.49. The second-order valence-electron chi connectivity index (χ2n) is 7.55. The molecule has 1 aliphatic heterocycles. The highest BCUT2D eigenvalue weighted by atomic mass is 35.5. The van der Waals surface area contributed by atoms with Crippen LogP contribution in [0.4, 0.5) is 0 Å². The lowest BCUT2D eigenvalue weighted by atomic mass is 9.73. The van der Waals surface area contributed by atoms with Crippen LogP contribution in [0.1, 0.15) is 30.4 Å². The van der Waals surface area contributed by atoms with E-state index in [1.165, 1.54) is 40.8 Å². The fourth-order valence-electron chi connectivity index (χ4n) is 4.52. The molecule has 7 heteroatoms. The van der Waals surface area contributed by atoms with Crippen LogP contribution in [0, 0.1) is 0 Å². The maximum atomic E-state index is 13.3. The number of methoxy groups -OCH3 is 1. The minimum absolute atomic E-state index is 0.150. The number of allylic oxidation sites excluding steroid dienone is 1. The van der Waals surface area contributed by atoms with Gasteiger partial charge in [0.2, 0.25) is 0 Å². The first-order valence-electron chi connectivity index (χ1n) is 9.51. The molecule has 1 saturated heterocycles. The number of nitrogens with zero attached hydrogens (tertiary/aromatic N) is 1. The van der Waals surface area contributed by atoms with Crippen LogP contribution in [0.3, 0.4) is 0 Å². The van der Waals surface area contributed by atoms with E-state index in [-0.39, 0.29) is 10.3 Å². The Kier molecular flexibility index (Phi) is 5.17. The fourth-order valence-corrected chi connectivity index (χ4v) is 6.13.